The fourth-order valence-corrected chi connectivity index (χ4v) is 3.24. The summed E-state index contributed by atoms with van der Waals surface area (Å²) < 4.78 is 17.4. The summed E-state index contributed by atoms with van der Waals surface area (Å²) in [5.74, 6) is 1.83. The minimum atomic E-state index is -0.0241. The number of benzene rings is 1. The smallest absolute Gasteiger partial charge is 0.126 e. The molecular weight excluding hydrogens is 312 g/mol. The van der Waals surface area contributed by atoms with Crippen LogP contribution in [-0.4, -0.2) is 25.4 Å². The molecule has 1 heterocycles. The average Bonchev–Trinajstić information content (AvgIpc) is 2.82. The monoisotopic (exact) mass is 346 g/mol. The van der Waals surface area contributed by atoms with Gasteiger partial charge < -0.3 is 14.2 Å². The molecule has 140 valence electrons. The van der Waals surface area contributed by atoms with Crippen molar-refractivity contribution in [2.45, 2.75) is 71.8 Å². The van der Waals surface area contributed by atoms with E-state index in [0.29, 0.717) is 6.61 Å². The van der Waals surface area contributed by atoms with Crippen molar-refractivity contribution >= 4 is 0 Å². The quantitative estimate of drug-likeness (QED) is 0.539. The molecule has 0 aliphatic carbocycles. The van der Waals surface area contributed by atoms with Gasteiger partial charge in [0.15, 0.2) is 0 Å². The highest BCUT2D eigenvalue weighted by atomic mass is 16.5. The van der Waals surface area contributed by atoms with E-state index in [9.17, 15) is 0 Å². The lowest BCUT2D eigenvalue weighted by atomic mass is 9.87. The maximum absolute atomic E-state index is 5.87. The molecule has 2 rings (SSSR count). The maximum Gasteiger partial charge on any atom is 0.126 e. The first-order chi connectivity index (χ1) is 11.7. The first-order valence-electron chi connectivity index (χ1n) is 9.43. The van der Waals surface area contributed by atoms with Gasteiger partial charge in [-0.1, -0.05) is 25.5 Å². The lowest BCUT2D eigenvalue weighted by Gasteiger charge is -2.24. The van der Waals surface area contributed by atoms with Crippen molar-refractivity contribution < 1.29 is 14.2 Å². The van der Waals surface area contributed by atoms with Crippen LogP contribution in [0.2, 0.25) is 0 Å². The van der Waals surface area contributed by atoms with Crippen LogP contribution < -0.4 is 9.47 Å². The van der Waals surface area contributed by atoms with Crippen LogP contribution in [-0.2, 0) is 10.2 Å². The zero-order valence-corrected chi connectivity index (χ0v) is 16.8. The number of hydrogen-bond acceptors (Lipinski definition) is 3. The van der Waals surface area contributed by atoms with Crippen molar-refractivity contribution in [3.05, 3.63) is 35.4 Å². The molecule has 0 amide bonds. The molecule has 3 heteroatoms. The highest BCUT2D eigenvalue weighted by Crippen LogP contribution is 2.40. The molecule has 1 aliphatic rings. The molecule has 0 fully saturated rings. The Balaban J connectivity index is 1.77. The first kappa shape index (κ1) is 19.8. The molecule has 0 unspecified atom stereocenters. The second-order valence-corrected chi connectivity index (χ2v) is 8.24. The van der Waals surface area contributed by atoms with Crippen LogP contribution >= 0.6 is 0 Å². The van der Waals surface area contributed by atoms with Gasteiger partial charge in [0.05, 0.1) is 12.2 Å². The molecule has 0 radical (unpaired) electrons. The van der Waals surface area contributed by atoms with Gasteiger partial charge in [-0.2, -0.15) is 0 Å². The van der Waals surface area contributed by atoms with E-state index in [4.69, 9.17) is 14.2 Å². The summed E-state index contributed by atoms with van der Waals surface area (Å²) in [7, 11) is 0. The Morgan fingerprint density at radius 1 is 1.32 bits per heavy atom. The third-order valence-corrected chi connectivity index (χ3v) is 4.84. The van der Waals surface area contributed by atoms with E-state index in [1.54, 1.807) is 0 Å². The third-order valence-electron chi connectivity index (χ3n) is 4.84. The summed E-state index contributed by atoms with van der Waals surface area (Å²) in [5, 5.41) is 0. The molecule has 0 atom stereocenters. The number of rotatable bonds is 9. The zero-order chi connectivity index (χ0) is 18.5. The Labute approximate surface area is 153 Å². The molecule has 0 saturated carbocycles. The van der Waals surface area contributed by atoms with E-state index in [0.717, 1.165) is 44.0 Å². The van der Waals surface area contributed by atoms with Crippen molar-refractivity contribution in [2.75, 3.05) is 19.8 Å². The van der Waals surface area contributed by atoms with Crippen LogP contribution in [0.25, 0.3) is 0 Å². The maximum atomic E-state index is 5.87. The normalized spacial score (nSPS) is 16.5. The van der Waals surface area contributed by atoms with Crippen LogP contribution in [0.1, 0.15) is 66.4 Å². The van der Waals surface area contributed by atoms with Crippen LogP contribution in [0.4, 0.5) is 0 Å². The summed E-state index contributed by atoms with van der Waals surface area (Å²) in [6, 6.07) is 6.19. The summed E-state index contributed by atoms with van der Waals surface area (Å²) in [6.07, 6.45) is 5.47. The Bertz CT molecular complexity index is 599. The average molecular weight is 347 g/mol. The lowest BCUT2D eigenvalue weighted by Crippen LogP contribution is -2.24. The molecule has 0 bridgehead atoms. The van der Waals surface area contributed by atoms with Gasteiger partial charge in [-0.3, -0.25) is 0 Å². The second kappa shape index (κ2) is 8.27. The van der Waals surface area contributed by atoms with Crippen LogP contribution in [0.3, 0.4) is 0 Å². The van der Waals surface area contributed by atoms with Crippen molar-refractivity contribution in [3.8, 4) is 11.5 Å². The molecule has 1 aromatic carbocycles. The topological polar surface area (TPSA) is 27.7 Å². The number of allylic oxidation sites excluding steroid dienone is 1. The molecule has 1 aliphatic heterocycles. The summed E-state index contributed by atoms with van der Waals surface area (Å²) >= 11 is 0. The minimum absolute atomic E-state index is 0.0241. The van der Waals surface area contributed by atoms with Crippen molar-refractivity contribution in [1.29, 1.82) is 0 Å². The summed E-state index contributed by atoms with van der Waals surface area (Å²) in [4.78, 5) is 0. The Morgan fingerprint density at radius 2 is 2.08 bits per heavy atom. The van der Waals surface area contributed by atoms with Gasteiger partial charge in [-0.25, -0.2) is 0 Å². The Hall–Kier alpha value is -1.48. The Morgan fingerprint density at radius 3 is 2.80 bits per heavy atom. The van der Waals surface area contributed by atoms with Gasteiger partial charge in [-0.05, 0) is 59.1 Å². The summed E-state index contributed by atoms with van der Waals surface area (Å²) in [5.41, 5.74) is 2.71. The zero-order valence-electron chi connectivity index (χ0n) is 16.8. The molecule has 0 aromatic heterocycles. The minimum Gasteiger partial charge on any atom is -0.492 e. The predicted octanol–water partition coefficient (Wildman–Crippen LogP) is 5.67. The lowest BCUT2D eigenvalue weighted by molar-refractivity contribution is -0.0173. The number of hydrogen-bond donors (Lipinski definition) is 0. The molecule has 1 aromatic rings. The van der Waals surface area contributed by atoms with E-state index >= 15 is 0 Å². The third kappa shape index (κ3) is 5.78. The van der Waals surface area contributed by atoms with Crippen molar-refractivity contribution in [3.63, 3.8) is 0 Å². The van der Waals surface area contributed by atoms with E-state index in [1.165, 1.54) is 11.1 Å². The van der Waals surface area contributed by atoms with Gasteiger partial charge in [-0.15, -0.1) is 0 Å². The van der Waals surface area contributed by atoms with Crippen molar-refractivity contribution in [1.82, 2.24) is 0 Å². The van der Waals surface area contributed by atoms with Gasteiger partial charge in [0.25, 0.3) is 0 Å². The van der Waals surface area contributed by atoms with Crippen LogP contribution in [0.15, 0.2) is 29.8 Å². The predicted molar refractivity (Wildman–Crippen MR) is 104 cm³/mol. The molecule has 0 saturated heterocycles. The van der Waals surface area contributed by atoms with Crippen molar-refractivity contribution in [2.24, 2.45) is 0 Å². The number of fused-ring (bicyclic) bond motifs is 1. The second-order valence-electron chi connectivity index (χ2n) is 8.24. The summed E-state index contributed by atoms with van der Waals surface area (Å²) in [6.45, 7) is 15.1. The van der Waals surface area contributed by atoms with Gasteiger partial charge >= 0.3 is 0 Å². The van der Waals surface area contributed by atoms with Gasteiger partial charge in [0.1, 0.15) is 18.1 Å². The van der Waals surface area contributed by atoms with Crippen LogP contribution in [0, 0.1) is 0 Å². The van der Waals surface area contributed by atoms with Crippen LogP contribution in [0.5, 0.6) is 11.5 Å². The number of ether oxygens (including phenoxy) is 3. The standard InChI is InChI=1S/C22H34O3/c1-7-25-22(5,6)13-8-9-17(2)12-14-23-18-10-11-19-20(15-18)24-16-21(19,3)4/h10-12,15H,7-9,13-14,16H2,1-6H3. The molecular formula is C22H34O3. The molecule has 3 nitrogen and oxygen atoms in total. The van der Waals surface area contributed by atoms with E-state index in [-0.39, 0.29) is 11.0 Å². The fraction of sp³-hybridized carbons (Fsp3) is 0.636. The highest BCUT2D eigenvalue weighted by molar-refractivity contribution is 5.47. The molecule has 25 heavy (non-hydrogen) atoms. The SMILES string of the molecule is CCOC(C)(C)CCCC(C)=CCOc1ccc2c(c1)OCC2(C)C. The highest BCUT2D eigenvalue weighted by Gasteiger charge is 2.31. The first-order valence-corrected chi connectivity index (χ1v) is 9.43. The van der Waals surface area contributed by atoms with E-state index < -0.39 is 0 Å². The van der Waals surface area contributed by atoms with E-state index in [2.05, 4.69) is 53.7 Å². The van der Waals surface area contributed by atoms with Gasteiger partial charge in [0.2, 0.25) is 0 Å². The molecule has 0 N–H and O–H groups in total. The fourth-order valence-electron chi connectivity index (χ4n) is 3.24. The van der Waals surface area contributed by atoms with E-state index in [1.807, 2.05) is 12.1 Å². The molecule has 0 spiro atoms. The van der Waals surface area contributed by atoms with Gasteiger partial charge in [0, 0.05) is 23.7 Å². The largest absolute Gasteiger partial charge is 0.492 e. The Kier molecular flexibility index (Phi) is 6.56.